The number of aliphatic hydroxyl groups excluding tert-OH is 1. The molecule has 0 aromatic rings. The molecule has 0 saturated carbocycles. The summed E-state index contributed by atoms with van der Waals surface area (Å²) < 4.78 is 0. The molecule has 1 rings (SSSR count). The lowest BCUT2D eigenvalue weighted by Crippen LogP contribution is -2.42. The molecule has 2 atom stereocenters. The molecule has 0 aliphatic carbocycles. The summed E-state index contributed by atoms with van der Waals surface area (Å²) in [7, 11) is 0. The van der Waals surface area contributed by atoms with Crippen LogP contribution in [0, 0.1) is 0 Å². The first-order valence-corrected chi connectivity index (χ1v) is 3.70. The lowest BCUT2D eigenvalue weighted by Gasteiger charge is -2.26. The Morgan fingerprint density at radius 1 is 1.50 bits per heavy atom. The van der Waals surface area contributed by atoms with Crippen LogP contribution in [0.2, 0.25) is 0 Å². The Kier molecular flexibility index (Phi) is 5.04. The molecule has 0 amide bonds. The molecule has 0 bridgehead atoms. The maximum atomic E-state index is 8.75. The van der Waals surface area contributed by atoms with Crippen LogP contribution in [-0.2, 0) is 0 Å². The van der Waals surface area contributed by atoms with Gasteiger partial charge in [-0.15, -0.1) is 12.4 Å². The molecule has 62 valence electrons. The minimum Gasteiger partial charge on any atom is -0.395 e. The smallest absolute Gasteiger partial charge is 0.0584 e. The number of piperidine rings is 1. The second-order valence-corrected chi connectivity index (χ2v) is 2.88. The fraction of sp³-hybridized carbons (Fsp3) is 1.00. The van der Waals surface area contributed by atoms with Crippen molar-refractivity contribution in [2.24, 2.45) is 0 Å². The number of halogens is 1. The summed E-state index contributed by atoms with van der Waals surface area (Å²) >= 11 is 0. The lowest BCUT2D eigenvalue weighted by atomic mass is 10.0. The molecule has 3 heteroatoms. The maximum absolute atomic E-state index is 8.75. The average molecular weight is 166 g/mol. The van der Waals surface area contributed by atoms with E-state index in [0.717, 1.165) is 6.42 Å². The van der Waals surface area contributed by atoms with Crippen molar-refractivity contribution < 1.29 is 5.11 Å². The Bertz CT molecular complexity index is 89.7. The molecule has 1 aliphatic heterocycles. The van der Waals surface area contributed by atoms with Gasteiger partial charge in [-0.3, -0.25) is 0 Å². The van der Waals surface area contributed by atoms with Crippen molar-refractivity contribution in [1.29, 1.82) is 0 Å². The summed E-state index contributed by atoms with van der Waals surface area (Å²) in [5.74, 6) is 0. The van der Waals surface area contributed by atoms with Gasteiger partial charge in [0.1, 0.15) is 0 Å². The second kappa shape index (κ2) is 4.94. The molecule has 0 radical (unpaired) electrons. The number of hydrogen-bond acceptors (Lipinski definition) is 2. The molecule has 0 spiro atoms. The predicted molar refractivity (Wildman–Crippen MR) is 44.6 cm³/mol. The zero-order chi connectivity index (χ0) is 6.69. The van der Waals surface area contributed by atoms with Gasteiger partial charge >= 0.3 is 0 Å². The van der Waals surface area contributed by atoms with E-state index in [9.17, 15) is 0 Å². The summed E-state index contributed by atoms with van der Waals surface area (Å²) in [4.78, 5) is 0. The number of aliphatic hydroxyl groups is 1. The highest BCUT2D eigenvalue weighted by atomic mass is 35.5. The number of hydrogen-bond donors (Lipinski definition) is 2. The van der Waals surface area contributed by atoms with E-state index < -0.39 is 0 Å². The summed E-state index contributed by atoms with van der Waals surface area (Å²) in [6.07, 6.45) is 3.66. The van der Waals surface area contributed by atoms with Gasteiger partial charge in [0.25, 0.3) is 0 Å². The van der Waals surface area contributed by atoms with E-state index in [0.29, 0.717) is 18.7 Å². The normalized spacial score (nSPS) is 33.0. The van der Waals surface area contributed by atoms with E-state index >= 15 is 0 Å². The van der Waals surface area contributed by atoms with Gasteiger partial charge < -0.3 is 10.4 Å². The SMILES string of the molecule is C[C@@H]1CCC[C@H](CO)N1.Cl. The lowest BCUT2D eigenvalue weighted by molar-refractivity contribution is 0.202. The highest BCUT2D eigenvalue weighted by Crippen LogP contribution is 2.10. The largest absolute Gasteiger partial charge is 0.395 e. The van der Waals surface area contributed by atoms with Crippen molar-refractivity contribution in [3.63, 3.8) is 0 Å². The Balaban J connectivity index is 0.000000810. The van der Waals surface area contributed by atoms with Crippen LogP contribution in [0.25, 0.3) is 0 Å². The molecule has 1 saturated heterocycles. The highest BCUT2D eigenvalue weighted by Gasteiger charge is 2.15. The van der Waals surface area contributed by atoms with E-state index in [-0.39, 0.29) is 12.4 Å². The van der Waals surface area contributed by atoms with Gasteiger partial charge in [0.2, 0.25) is 0 Å². The molecule has 0 aromatic heterocycles. The van der Waals surface area contributed by atoms with E-state index in [1.165, 1.54) is 12.8 Å². The summed E-state index contributed by atoms with van der Waals surface area (Å²) in [6, 6.07) is 0.977. The fourth-order valence-electron chi connectivity index (χ4n) is 1.38. The Hall–Kier alpha value is 0.210. The molecular formula is C7H16ClNO. The van der Waals surface area contributed by atoms with Crippen LogP contribution >= 0.6 is 12.4 Å². The van der Waals surface area contributed by atoms with Gasteiger partial charge in [-0.25, -0.2) is 0 Å². The van der Waals surface area contributed by atoms with E-state index in [1.807, 2.05) is 0 Å². The second-order valence-electron chi connectivity index (χ2n) is 2.88. The molecule has 1 heterocycles. The van der Waals surface area contributed by atoms with Gasteiger partial charge in [0.05, 0.1) is 6.61 Å². The first-order chi connectivity index (χ1) is 4.33. The van der Waals surface area contributed by atoms with Gasteiger partial charge in [0, 0.05) is 12.1 Å². The van der Waals surface area contributed by atoms with Gasteiger partial charge in [-0.2, -0.15) is 0 Å². The van der Waals surface area contributed by atoms with Crippen LogP contribution < -0.4 is 5.32 Å². The topological polar surface area (TPSA) is 32.3 Å². The van der Waals surface area contributed by atoms with Crippen LogP contribution in [0.4, 0.5) is 0 Å². The molecular weight excluding hydrogens is 150 g/mol. The quantitative estimate of drug-likeness (QED) is 0.606. The van der Waals surface area contributed by atoms with Crippen LogP contribution in [0.3, 0.4) is 0 Å². The minimum atomic E-state index is 0. The van der Waals surface area contributed by atoms with E-state index in [1.54, 1.807) is 0 Å². The monoisotopic (exact) mass is 165 g/mol. The summed E-state index contributed by atoms with van der Waals surface area (Å²) in [5.41, 5.74) is 0. The average Bonchev–Trinajstić information content (AvgIpc) is 1.88. The van der Waals surface area contributed by atoms with Crippen molar-refractivity contribution in [2.45, 2.75) is 38.3 Å². The van der Waals surface area contributed by atoms with Crippen LogP contribution in [0.15, 0.2) is 0 Å². The van der Waals surface area contributed by atoms with Crippen molar-refractivity contribution in [3.8, 4) is 0 Å². The predicted octanol–water partition coefficient (Wildman–Crippen LogP) is 0.931. The Morgan fingerprint density at radius 2 is 2.20 bits per heavy atom. The van der Waals surface area contributed by atoms with Gasteiger partial charge in [0.15, 0.2) is 0 Å². The Labute approximate surface area is 68.4 Å². The van der Waals surface area contributed by atoms with E-state index in [2.05, 4.69) is 12.2 Å². The zero-order valence-corrected chi connectivity index (χ0v) is 7.16. The summed E-state index contributed by atoms with van der Waals surface area (Å²) in [5, 5.41) is 12.1. The molecule has 0 aromatic carbocycles. The van der Waals surface area contributed by atoms with Crippen molar-refractivity contribution >= 4 is 12.4 Å². The minimum absolute atomic E-state index is 0. The van der Waals surface area contributed by atoms with E-state index in [4.69, 9.17) is 5.11 Å². The summed E-state index contributed by atoms with van der Waals surface area (Å²) in [6.45, 7) is 2.46. The molecule has 10 heavy (non-hydrogen) atoms. The van der Waals surface area contributed by atoms with Crippen molar-refractivity contribution in [3.05, 3.63) is 0 Å². The standard InChI is InChI=1S/C7H15NO.ClH/c1-6-3-2-4-7(5-9)8-6;/h6-9H,2-5H2,1H3;1H/t6-,7-;/m1./s1. The maximum Gasteiger partial charge on any atom is 0.0584 e. The van der Waals surface area contributed by atoms with Crippen molar-refractivity contribution in [1.82, 2.24) is 5.32 Å². The van der Waals surface area contributed by atoms with Crippen LogP contribution in [0.1, 0.15) is 26.2 Å². The number of nitrogens with one attached hydrogen (secondary N) is 1. The van der Waals surface area contributed by atoms with Gasteiger partial charge in [-0.05, 0) is 19.8 Å². The molecule has 1 fully saturated rings. The molecule has 1 aliphatic rings. The van der Waals surface area contributed by atoms with Crippen LogP contribution in [0.5, 0.6) is 0 Å². The number of rotatable bonds is 1. The van der Waals surface area contributed by atoms with Gasteiger partial charge in [-0.1, -0.05) is 6.42 Å². The molecule has 2 nitrogen and oxygen atoms in total. The third-order valence-corrected chi connectivity index (χ3v) is 1.93. The first-order valence-electron chi connectivity index (χ1n) is 3.70. The zero-order valence-electron chi connectivity index (χ0n) is 6.34. The third kappa shape index (κ3) is 2.86. The van der Waals surface area contributed by atoms with Crippen molar-refractivity contribution in [2.75, 3.05) is 6.61 Å². The fourth-order valence-corrected chi connectivity index (χ4v) is 1.38. The molecule has 2 N–H and O–H groups in total. The van der Waals surface area contributed by atoms with Crippen LogP contribution in [-0.4, -0.2) is 23.8 Å². The molecule has 0 unspecified atom stereocenters. The highest BCUT2D eigenvalue weighted by molar-refractivity contribution is 5.85. The first kappa shape index (κ1) is 10.2. The third-order valence-electron chi connectivity index (χ3n) is 1.93. The Morgan fingerprint density at radius 3 is 2.60 bits per heavy atom.